The number of hydrogen-bond acceptors (Lipinski definition) is 5. The van der Waals surface area contributed by atoms with Crippen LogP contribution in [0.4, 0.5) is 5.69 Å². The Morgan fingerprint density at radius 2 is 1.57 bits per heavy atom. The standard InChI is InChI=1S/C26H23Cl2NO5S/c1-3-34-24(30)15-22-21-13-10-19(28)14-23(21)29(35(32,33)20-11-4-16(2)5-12-20)25(22)26(31)17-6-8-18(27)9-7-17/h4-14,22,25H,3,15H2,1-2H3/t22-,25-/m0/s1. The first-order valence-electron chi connectivity index (χ1n) is 11.0. The number of fused-ring (bicyclic) bond motifs is 1. The molecule has 0 aliphatic carbocycles. The van der Waals surface area contributed by atoms with Crippen LogP contribution in [-0.4, -0.2) is 32.8 Å². The highest BCUT2D eigenvalue weighted by atomic mass is 35.5. The molecule has 1 aliphatic rings. The lowest BCUT2D eigenvalue weighted by atomic mass is 9.87. The van der Waals surface area contributed by atoms with Gasteiger partial charge in [-0.05, 0) is 67.9 Å². The summed E-state index contributed by atoms with van der Waals surface area (Å²) in [6.07, 6.45) is -0.174. The average molecular weight is 532 g/mol. The van der Waals surface area contributed by atoms with Crippen molar-refractivity contribution in [1.29, 1.82) is 0 Å². The zero-order chi connectivity index (χ0) is 25.3. The van der Waals surface area contributed by atoms with Gasteiger partial charge < -0.3 is 4.74 Å². The molecule has 0 amide bonds. The first kappa shape index (κ1) is 25.2. The van der Waals surface area contributed by atoms with Crippen LogP contribution in [0.25, 0.3) is 0 Å². The number of halogens is 2. The SMILES string of the molecule is CCOC(=O)C[C@H]1c2ccc(Cl)cc2N(S(=O)(=O)c2ccc(C)cc2)[C@@H]1C(=O)c1ccc(Cl)cc1. The summed E-state index contributed by atoms with van der Waals surface area (Å²) in [5.74, 6) is -1.76. The quantitative estimate of drug-likeness (QED) is 0.284. The third kappa shape index (κ3) is 4.94. The third-order valence-electron chi connectivity index (χ3n) is 5.93. The van der Waals surface area contributed by atoms with Gasteiger partial charge in [-0.25, -0.2) is 8.42 Å². The second-order valence-electron chi connectivity index (χ2n) is 8.25. The fourth-order valence-corrected chi connectivity index (χ4v) is 6.26. The van der Waals surface area contributed by atoms with E-state index in [1.165, 1.54) is 18.2 Å². The van der Waals surface area contributed by atoms with E-state index in [9.17, 15) is 18.0 Å². The lowest BCUT2D eigenvalue weighted by molar-refractivity contribution is -0.143. The van der Waals surface area contributed by atoms with Crippen LogP contribution in [0, 0.1) is 6.92 Å². The molecule has 3 aromatic rings. The van der Waals surface area contributed by atoms with Crippen LogP contribution in [0.5, 0.6) is 0 Å². The minimum atomic E-state index is -4.20. The summed E-state index contributed by atoms with van der Waals surface area (Å²) in [6.45, 7) is 3.70. The molecule has 0 aromatic heterocycles. The number of carbonyl (C=O) groups is 2. The van der Waals surface area contributed by atoms with E-state index in [1.54, 1.807) is 55.5 Å². The molecule has 0 saturated carbocycles. The summed E-state index contributed by atoms with van der Waals surface area (Å²) in [7, 11) is -4.20. The van der Waals surface area contributed by atoms with Crippen LogP contribution >= 0.6 is 23.2 Å². The number of benzene rings is 3. The normalized spacial score (nSPS) is 17.2. The summed E-state index contributed by atoms with van der Waals surface area (Å²) in [4.78, 5) is 26.4. The Labute approximate surface area is 214 Å². The van der Waals surface area contributed by atoms with E-state index in [4.69, 9.17) is 27.9 Å². The largest absolute Gasteiger partial charge is 0.466 e. The van der Waals surface area contributed by atoms with Crippen LogP contribution in [0.15, 0.2) is 71.6 Å². The summed E-state index contributed by atoms with van der Waals surface area (Å²) >= 11 is 12.3. The van der Waals surface area contributed by atoms with E-state index >= 15 is 0 Å². The Hall–Kier alpha value is -2.87. The molecule has 0 N–H and O–H groups in total. The van der Waals surface area contributed by atoms with Gasteiger partial charge in [-0.15, -0.1) is 0 Å². The van der Waals surface area contributed by atoms with E-state index in [0.717, 1.165) is 9.87 Å². The van der Waals surface area contributed by atoms with Gasteiger partial charge in [0.25, 0.3) is 10.0 Å². The van der Waals surface area contributed by atoms with Crippen molar-refractivity contribution in [3.8, 4) is 0 Å². The van der Waals surface area contributed by atoms with E-state index in [0.29, 0.717) is 15.6 Å². The number of hydrogen-bond donors (Lipinski definition) is 0. The zero-order valence-corrected chi connectivity index (χ0v) is 21.4. The molecule has 3 aromatic carbocycles. The number of Topliss-reactive ketones (excluding diaryl/α,β-unsaturated/α-hetero) is 1. The number of ether oxygens (including phenoxy) is 1. The van der Waals surface area contributed by atoms with Gasteiger partial charge in [0, 0.05) is 21.5 Å². The second kappa shape index (κ2) is 10.0. The highest BCUT2D eigenvalue weighted by Crippen LogP contribution is 2.48. The van der Waals surface area contributed by atoms with Crippen LogP contribution in [0.1, 0.15) is 40.7 Å². The summed E-state index contributed by atoms with van der Waals surface area (Å²) in [6, 6.07) is 16.1. The molecule has 0 saturated heterocycles. The molecule has 35 heavy (non-hydrogen) atoms. The molecule has 182 valence electrons. The van der Waals surface area contributed by atoms with Crippen molar-refractivity contribution in [2.24, 2.45) is 0 Å². The van der Waals surface area contributed by atoms with E-state index in [1.807, 2.05) is 6.92 Å². The van der Waals surface area contributed by atoms with Crippen LogP contribution in [0.3, 0.4) is 0 Å². The molecule has 0 radical (unpaired) electrons. The Kier molecular flexibility index (Phi) is 7.22. The first-order chi connectivity index (χ1) is 16.6. The monoisotopic (exact) mass is 531 g/mol. The number of carbonyl (C=O) groups excluding carboxylic acids is 2. The predicted octanol–water partition coefficient (Wildman–Crippen LogP) is 5.80. The van der Waals surface area contributed by atoms with Crippen molar-refractivity contribution in [2.75, 3.05) is 10.9 Å². The highest BCUT2D eigenvalue weighted by Gasteiger charge is 2.49. The lowest BCUT2D eigenvalue weighted by Crippen LogP contribution is -2.45. The maximum Gasteiger partial charge on any atom is 0.306 e. The van der Waals surface area contributed by atoms with Gasteiger partial charge >= 0.3 is 5.97 Å². The number of sulfonamides is 1. The number of esters is 1. The number of rotatable bonds is 7. The van der Waals surface area contributed by atoms with Crippen molar-refractivity contribution >= 4 is 50.7 Å². The molecule has 6 nitrogen and oxygen atoms in total. The summed E-state index contributed by atoms with van der Waals surface area (Å²) in [5, 5.41) is 0.748. The number of ketones is 1. The maximum absolute atomic E-state index is 14.0. The number of nitrogens with zero attached hydrogens (tertiary/aromatic N) is 1. The Morgan fingerprint density at radius 1 is 0.943 bits per heavy atom. The molecule has 0 fully saturated rings. The van der Waals surface area contributed by atoms with Crippen molar-refractivity contribution in [1.82, 2.24) is 0 Å². The second-order valence-corrected chi connectivity index (χ2v) is 10.9. The molecule has 0 bridgehead atoms. The number of anilines is 1. The predicted molar refractivity (Wildman–Crippen MR) is 136 cm³/mol. The third-order valence-corrected chi connectivity index (χ3v) is 8.23. The molecule has 1 aliphatic heterocycles. The van der Waals surface area contributed by atoms with Crippen LogP contribution in [-0.2, 0) is 19.6 Å². The van der Waals surface area contributed by atoms with Gasteiger partial charge in [0.05, 0.1) is 23.6 Å². The van der Waals surface area contributed by atoms with Crippen molar-refractivity contribution in [3.63, 3.8) is 0 Å². The highest BCUT2D eigenvalue weighted by molar-refractivity contribution is 7.93. The van der Waals surface area contributed by atoms with Gasteiger partial charge in [0.15, 0.2) is 5.78 Å². The van der Waals surface area contributed by atoms with Crippen LogP contribution in [0.2, 0.25) is 10.0 Å². The van der Waals surface area contributed by atoms with E-state index < -0.39 is 33.7 Å². The van der Waals surface area contributed by atoms with Gasteiger partial charge in [-0.2, -0.15) is 0 Å². The average Bonchev–Trinajstić information content (AvgIpc) is 3.13. The fraction of sp³-hybridized carbons (Fsp3) is 0.231. The Morgan fingerprint density at radius 3 is 2.20 bits per heavy atom. The van der Waals surface area contributed by atoms with E-state index in [-0.39, 0.29) is 29.2 Å². The summed E-state index contributed by atoms with van der Waals surface area (Å²) in [5.41, 5.74) is 1.96. The molecule has 1 heterocycles. The van der Waals surface area contributed by atoms with Gasteiger partial charge in [-0.3, -0.25) is 13.9 Å². The minimum absolute atomic E-state index is 0.0275. The zero-order valence-electron chi connectivity index (χ0n) is 19.1. The lowest BCUT2D eigenvalue weighted by Gasteiger charge is -2.29. The smallest absolute Gasteiger partial charge is 0.306 e. The van der Waals surface area contributed by atoms with Gasteiger partial charge in [0.1, 0.15) is 6.04 Å². The molecule has 0 unspecified atom stereocenters. The molecule has 4 rings (SSSR count). The van der Waals surface area contributed by atoms with Crippen molar-refractivity contribution in [3.05, 3.63) is 93.5 Å². The molecule has 0 spiro atoms. The molecule has 9 heteroatoms. The fourth-order valence-electron chi connectivity index (χ4n) is 4.30. The maximum atomic E-state index is 14.0. The molecule has 2 atom stereocenters. The van der Waals surface area contributed by atoms with Gasteiger partial charge in [-0.1, -0.05) is 47.0 Å². The van der Waals surface area contributed by atoms with Crippen molar-refractivity contribution < 1.29 is 22.7 Å². The van der Waals surface area contributed by atoms with E-state index in [2.05, 4.69) is 0 Å². The Bertz CT molecular complexity index is 1370. The topological polar surface area (TPSA) is 80.8 Å². The minimum Gasteiger partial charge on any atom is -0.466 e. The summed E-state index contributed by atoms with van der Waals surface area (Å²) < 4.78 is 34.2. The molecular weight excluding hydrogens is 509 g/mol. The number of aryl methyl sites for hydroxylation is 1. The van der Waals surface area contributed by atoms with Crippen LogP contribution < -0.4 is 4.31 Å². The molecular formula is C26H23Cl2NO5S. The first-order valence-corrected chi connectivity index (χ1v) is 13.2. The van der Waals surface area contributed by atoms with Crippen molar-refractivity contribution in [2.45, 2.75) is 37.1 Å². The van der Waals surface area contributed by atoms with Gasteiger partial charge in [0.2, 0.25) is 0 Å². The Balaban J connectivity index is 1.92.